The van der Waals surface area contributed by atoms with Crippen molar-refractivity contribution in [2.75, 3.05) is 25.7 Å². The van der Waals surface area contributed by atoms with Gasteiger partial charge in [-0.05, 0) is 24.3 Å². The summed E-state index contributed by atoms with van der Waals surface area (Å²) in [6.45, 7) is 4.87. The standard InChI is InChI=1S/C10H21NO2S/c1-8(2)7-11-10(12)9(13-3)5-6-14-4/h8-9H,5-7H2,1-4H3,(H,11,12)/t9-/m1/s1. The highest BCUT2D eigenvalue weighted by atomic mass is 32.2. The molecule has 1 atom stereocenters. The summed E-state index contributed by atoms with van der Waals surface area (Å²) < 4.78 is 5.12. The number of thioether (sulfide) groups is 1. The molecule has 0 radical (unpaired) electrons. The predicted molar refractivity (Wildman–Crippen MR) is 61.6 cm³/mol. The van der Waals surface area contributed by atoms with E-state index in [-0.39, 0.29) is 12.0 Å². The second kappa shape index (κ2) is 8.12. The highest BCUT2D eigenvalue weighted by Gasteiger charge is 2.16. The Labute approximate surface area is 91.0 Å². The van der Waals surface area contributed by atoms with Gasteiger partial charge in [-0.2, -0.15) is 11.8 Å². The van der Waals surface area contributed by atoms with Crippen molar-refractivity contribution >= 4 is 17.7 Å². The van der Waals surface area contributed by atoms with E-state index in [1.807, 2.05) is 6.26 Å². The second-order valence-corrected chi connectivity index (χ2v) is 4.63. The van der Waals surface area contributed by atoms with E-state index in [1.54, 1.807) is 18.9 Å². The third-order valence-corrected chi connectivity index (χ3v) is 2.49. The van der Waals surface area contributed by atoms with E-state index in [0.29, 0.717) is 5.92 Å². The number of carbonyl (C=O) groups excluding carboxylic acids is 1. The van der Waals surface area contributed by atoms with Crippen LogP contribution in [0.5, 0.6) is 0 Å². The molecule has 0 heterocycles. The minimum atomic E-state index is -0.291. The van der Waals surface area contributed by atoms with Crippen molar-refractivity contribution in [2.45, 2.75) is 26.4 Å². The topological polar surface area (TPSA) is 38.3 Å². The van der Waals surface area contributed by atoms with E-state index in [2.05, 4.69) is 19.2 Å². The monoisotopic (exact) mass is 219 g/mol. The molecular weight excluding hydrogens is 198 g/mol. The number of ether oxygens (including phenoxy) is 1. The summed E-state index contributed by atoms with van der Waals surface area (Å²) >= 11 is 1.73. The molecule has 1 amide bonds. The minimum absolute atomic E-state index is 0.00949. The van der Waals surface area contributed by atoms with Crippen molar-refractivity contribution in [1.82, 2.24) is 5.32 Å². The lowest BCUT2D eigenvalue weighted by Gasteiger charge is -2.15. The Morgan fingerprint density at radius 3 is 2.57 bits per heavy atom. The number of carbonyl (C=O) groups is 1. The van der Waals surface area contributed by atoms with Crippen molar-refractivity contribution in [3.8, 4) is 0 Å². The van der Waals surface area contributed by atoms with Crippen molar-refractivity contribution < 1.29 is 9.53 Å². The molecule has 0 unspecified atom stereocenters. The summed E-state index contributed by atoms with van der Waals surface area (Å²) in [5.74, 6) is 1.44. The van der Waals surface area contributed by atoms with E-state index >= 15 is 0 Å². The molecule has 84 valence electrons. The van der Waals surface area contributed by atoms with Gasteiger partial charge in [-0.3, -0.25) is 4.79 Å². The van der Waals surface area contributed by atoms with Gasteiger partial charge in [-0.25, -0.2) is 0 Å². The fraction of sp³-hybridized carbons (Fsp3) is 0.900. The number of hydrogen-bond acceptors (Lipinski definition) is 3. The lowest BCUT2D eigenvalue weighted by atomic mass is 10.2. The van der Waals surface area contributed by atoms with Crippen molar-refractivity contribution in [3.63, 3.8) is 0 Å². The third kappa shape index (κ3) is 6.27. The van der Waals surface area contributed by atoms with Crippen molar-refractivity contribution in [1.29, 1.82) is 0 Å². The van der Waals surface area contributed by atoms with Gasteiger partial charge in [0.1, 0.15) is 6.10 Å². The maximum atomic E-state index is 11.5. The SMILES string of the molecule is CO[C@H](CCSC)C(=O)NCC(C)C. The van der Waals surface area contributed by atoms with Gasteiger partial charge >= 0.3 is 0 Å². The molecule has 0 aromatic rings. The van der Waals surface area contributed by atoms with Crippen LogP contribution in [0.25, 0.3) is 0 Å². The third-order valence-electron chi connectivity index (χ3n) is 1.85. The van der Waals surface area contributed by atoms with Gasteiger partial charge in [0.15, 0.2) is 0 Å². The lowest BCUT2D eigenvalue weighted by Crippen LogP contribution is -2.38. The van der Waals surface area contributed by atoms with Gasteiger partial charge in [-0.1, -0.05) is 13.8 Å². The van der Waals surface area contributed by atoms with E-state index < -0.39 is 0 Å². The zero-order chi connectivity index (χ0) is 11.0. The highest BCUT2D eigenvalue weighted by Crippen LogP contribution is 2.03. The second-order valence-electron chi connectivity index (χ2n) is 3.64. The first-order valence-corrected chi connectivity index (χ1v) is 6.30. The van der Waals surface area contributed by atoms with Gasteiger partial charge in [0, 0.05) is 13.7 Å². The Kier molecular flexibility index (Phi) is 7.99. The molecule has 0 saturated carbocycles. The van der Waals surface area contributed by atoms with E-state index in [4.69, 9.17) is 4.74 Å². The molecule has 4 heteroatoms. The summed E-state index contributed by atoms with van der Waals surface area (Å²) in [5.41, 5.74) is 0. The molecule has 0 fully saturated rings. The first kappa shape index (κ1) is 13.8. The van der Waals surface area contributed by atoms with E-state index in [9.17, 15) is 4.79 Å². The molecule has 0 aliphatic rings. The van der Waals surface area contributed by atoms with Crippen LogP contribution in [-0.4, -0.2) is 37.7 Å². The van der Waals surface area contributed by atoms with Crippen LogP contribution in [0.1, 0.15) is 20.3 Å². The van der Waals surface area contributed by atoms with Crippen LogP contribution in [0.4, 0.5) is 0 Å². The van der Waals surface area contributed by atoms with Gasteiger partial charge in [0.2, 0.25) is 5.91 Å². The number of rotatable bonds is 7. The van der Waals surface area contributed by atoms with Crippen molar-refractivity contribution in [2.24, 2.45) is 5.92 Å². The summed E-state index contributed by atoms with van der Waals surface area (Å²) in [7, 11) is 1.58. The van der Waals surface area contributed by atoms with E-state index in [1.165, 1.54) is 0 Å². The molecular formula is C10H21NO2S. The summed E-state index contributed by atoms with van der Waals surface area (Å²) in [4.78, 5) is 11.5. The molecule has 0 aliphatic carbocycles. The zero-order valence-corrected chi connectivity index (χ0v) is 10.3. The first-order chi connectivity index (χ1) is 6.61. The molecule has 3 nitrogen and oxygen atoms in total. The fourth-order valence-electron chi connectivity index (χ4n) is 0.999. The van der Waals surface area contributed by atoms with Gasteiger partial charge < -0.3 is 10.1 Å². The Morgan fingerprint density at radius 1 is 1.50 bits per heavy atom. The lowest BCUT2D eigenvalue weighted by molar-refractivity contribution is -0.131. The Morgan fingerprint density at radius 2 is 2.14 bits per heavy atom. The van der Waals surface area contributed by atoms with E-state index in [0.717, 1.165) is 18.7 Å². The molecule has 0 aromatic carbocycles. The molecule has 0 bridgehead atoms. The van der Waals surface area contributed by atoms with Crippen LogP contribution < -0.4 is 5.32 Å². The maximum Gasteiger partial charge on any atom is 0.249 e. The maximum absolute atomic E-state index is 11.5. The number of hydrogen-bond donors (Lipinski definition) is 1. The normalized spacial score (nSPS) is 12.9. The van der Waals surface area contributed by atoms with Crippen LogP contribution in [0.2, 0.25) is 0 Å². The number of amides is 1. The van der Waals surface area contributed by atoms with Crippen LogP contribution in [0, 0.1) is 5.92 Å². The zero-order valence-electron chi connectivity index (χ0n) is 9.50. The summed E-state index contributed by atoms with van der Waals surface area (Å²) in [5, 5.41) is 2.87. The smallest absolute Gasteiger partial charge is 0.249 e. The average Bonchev–Trinajstić information content (AvgIpc) is 2.16. The quantitative estimate of drug-likeness (QED) is 0.705. The van der Waals surface area contributed by atoms with Gasteiger partial charge in [0.25, 0.3) is 0 Å². The predicted octanol–water partition coefficient (Wildman–Crippen LogP) is 1.53. The molecule has 1 N–H and O–H groups in total. The van der Waals surface area contributed by atoms with Crippen LogP contribution in [0.15, 0.2) is 0 Å². The Hall–Kier alpha value is -0.220. The van der Waals surface area contributed by atoms with Gasteiger partial charge in [0.05, 0.1) is 0 Å². The minimum Gasteiger partial charge on any atom is -0.372 e. The van der Waals surface area contributed by atoms with Crippen LogP contribution in [-0.2, 0) is 9.53 Å². The Bertz CT molecular complexity index is 162. The fourth-order valence-corrected chi connectivity index (χ4v) is 1.45. The van der Waals surface area contributed by atoms with Crippen LogP contribution >= 0.6 is 11.8 Å². The van der Waals surface area contributed by atoms with Crippen molar-refractivity contribution in [3.05, 3.63) is 0 Å². The molecule has 0 saturated heterocycles. The molecule has 0 rings (SSSR count). The summed E-state index contributed by atoms with van der Waals surface area (Å²) in [6.07, 6.45) is 2.52. The Balaban J connectivity index is 3.79. The number of nitrogens with one attached hydrogen (secondary N) is 1. The number of methoxy groups -OCH3 is 1. The molecule has 14 heavy (non-hydrogen) atoms. The molecule has 0 aliphatic heterocycles. The van der Waals surface area contributed by atoms with Crippen LogP contribution in [0.3, 0.4) is 0 Å². The average molecular weight is 219 g/mol. The summed E-state index contributed by atoms with van der Waals surface area (Å²) in [6, 6.07) is 0. The molecule has 0 aromatic heterocycles. The molecule has 0 spiro atoms. The largest absolute Gasteiger partial charge is 0.372 e. The highest BCUT2D eigenvalue weighted by molar-refractivity contribution is 7.98. The van der Waals surface area contributed by atoms with Gasteiger partial charge in [-0.15, -0.1) is 0 Å². The first-order valence-electron chi connectivity index (χ1n) is 4.91.